The van der Waals surface area contributed by atoms with Crippen LogP contribution in [0.1, 0.15) is 107 Å². The SMILES string of the molecule is [2H]CCCCCCCCN[C@H](C(=O)O)C(C)(C)SCCCCCCCC[2H]. The van der Waals surface area contributed by atoms with Crippen LogP contribution in [0.4, 0.5) is 0 Å². The zero-order valence-electron chi connectivity index (χ0n) is 18.7. The molecule has 0 saturated heterocycles. The van der Waals surface area contributed by atoms with Crippen LogP contribution < -0.4 is 5.32 Å². The van der Waals surface area contributed by atoms with Crippen molar-refractivity contribution in [2.75, 3.05) is 12.3 Å². The number of carbonyl (C=O) groups is 1. The van der Waals surface area contributed by atoms with E-state index in [9.17, 15) is 9.90 Å². The van der Waals surface area contributed by atoms with Crippen LogP contribution in [-0.4, -0.2) is 34.2 Å². The summed E-state index contributed by atoms with van der Waals surface area (Å²) in [5.74, 6) is 0.255. The minimum absolute atomic E-state index is 0.314. The van der Waals surface area contributed by atoms with E-state index in [2.05, 4.69) is 5.32 Å². The number of unbranched alkanes of at least 4 members (excludes halogenated alkanes) is 10. The average molecular weight is 376 g/mol. The van der Waals surface area contributed by atoms with Crippen molar-refractivity contribution in [2.24, 2.45) is 0 Å². The number of carboxylic acids is 1. The van der Waals surface area contributed by atoms with Gasteiger partial charge in [0, 0.05) is 7.49 Å². The summed E-state index contributed by atoms with van der Waals surface area (Å²) >= 11 is 1.77. The molecule has 0 fully saturated rings. The van der Waals surface area contributed by atoms with Crippen molar-refractivity contribution >= 4 is 17.7 Å². The molecular weight excluding hydrogens is 330 g/mol. The normalized spacial score (nSPS) is 14.2. The summed E-state index contributed by atoms with van der Waals surface area (Å²) < 4.78 is 13.9. The maximum Gasteiger partial charge on any atom is 0.322 e. The lowest BCUT2D eigenvalue weighted by Gasteiger charge is -2.31. The average Bonchev–Trinajstić information content (AvgIpc) is 2.62. The van der Waals surface area contributed by atoms with E-state index in [-0.39, 0.29) is 4.75 Å². The number of hydrogen-bond donors (Lipinski definition) is 2. The number of carboxylic acid groups (broad SMARTS) is 1. The molecule has 0 radical (unpaired) electrons. The van der Waals surface area contributed by atoms with Gasteiger partial charge in [-0.3, -0.25) is 4.79 Å². The molecule has 0 unspecified atom stereocenters. The van der Waals surface area contributed by atoms with Gasteiger partial charge in [-0.25, -0.2) is 0 Å². The molecule has 0 aromatic heterocycles. The Labute approximate surface area is 163 Å². The Morgan fingerprint density at radius 3 is 2.04 bits per heavy atom. The van der Waals surface area contributed by atoms with Gasteiger partial charge in [-0.2, -0.15) is 11.8 Å². The Balaban J connectivity index is 3.92. The number of nitrogens with one attached hydrogen (secondary N) is 1. The van der Waals surface area contributed by atoms with Crippen LogP contribution in [0.5, 0.6) is 0 Å². The summed E-state index contributed by atoms with van der Waals surface area (Å²) in [6.07, 6.45) is 13.6. The molecular formula is C21H43NO2S. The minimum atomic E-state index is -0.752. The third kappa shape index (κ3) is 13.6. The van der Waals surface area contributed by atoms with Crippen molar-refractivity contribution in [3.63, 3.8) is 0 Å². The van der Waals surface area contributed by atoms with Gasteiger partial charge in [0.1, 0.15) is 6.04 Å². The van der Waals surface area contributed by atoms with Crippen LogP contribution in [0.2, 0.25) is 0 Å². The highest BCUT2D eigenvalue weighted by molar-refractivity contribution is 8.00. The van der Waals surface area contributed by atoms with Crippen LogP contribution in [0.25, 0.3) is 0 Å². The van der Waals surface area contributed by atoms with Gasteiger partial charge in [0.15, 0.2) is 0 Å². The van der Waals surface area contributed by atoms with E-state index in [1.807, 2.05) is 13.8 Å². The Morgan fingerprint density at radius 2 is 1.48 bits per heavy atom. The topological polar surface area (TPSA) is 49.3 Å². The Kier molecular flexibility index (Phi) is 13.5. The number of aliphatic carboxylic acids is 1. The smallest absolute Gasteiger partial charge is 0.322 e. The fraction of sp³-hybridized carbons (Fsp3) is 0.952. The predicted octanol–water partition coefficient (Wildman–Crippen LogP) is 6.26. The summed E-state index contributed by atoms with van der Waals surface area (Å²) in [6.45, 7) is 5.91. The van der Waals surface area contributed by atoms with Gasteiger partial charge < -0.3 is 10.4 Å². The highest BCUT2D eigenvalue weighted by Crippen LogP contribution is 2.29. The standard InChI is InChI=1S/C21H43NO2S/c1-5-7-9-11-13-15-17-22-19(20(23)24)21(3,4)25-18-16-14-12-10-8-6-2/h19,22H,5-18H2,1-4H3,(H,23,24)/t19-/m1/s1/i1D,2D. The lowest BCUT2D eigenvalue weighted by molar-refractivity contribution is -0.140. The van der Waals surface area contributed by atoms with Crippen molar-refractivity contribution in [3.8, 4) is 0 Å². The third-order valence-corrected chi connectivity index (χ3v) is 6.06. The van der Waals surface area contributed by atoms with Crippen molar-refractivity contribution < 1.29 is 12.6 Å². The van der Waals surface area contributed by atoms with Gasteiger partial charge in [0.2, 0.25) is 0 Å². The van der Waals surface area contributed by atoms with E-state index in [0.29, 0.717) is 13.8 Å². The summed E-state index contributed by atoms with van der Waals surface area (Å²) in [5, 5.41) is 12.9. The second kappa shape index (κ2) is 16.0. The van der Waals surface area contributed by atoms with E-state index in [4.69, 9.17) is 2.74 Å². The highest BCUT2D eigenvalue weighted by atomic mass is 32.2. The van der Waals surface area contributed by atoms with Crippen LogP contribution in [0.3, 0.4) is 0 Å². The third-order valence-electron chi connectivity index (χ3n) is 4.59. The molecule has 2 N–H and O–H groups in total. The van der Waals surface area contributed by atoms with Gasteiger partial charge in [0.05, 0.1) is 0 Å². The summed E-state index contributed by atoms with van der Waals surface area (Å²) in [6, 6.07) is -0.511. The monoisotopic (exact) mass is 375 g/mol. The van der Waals surface area contributed by atoms with Gasteiger partial charge in [-0.05, 0) is 39.0 Å². The molecule has 0 aromatic carbocycles. The first-order valence-corrected chi connectivity index (χ1v) is 11.1. The minimum Gasteiger partial charge on any atom is -0.480 e. The van der Waals surface area contributed by atoms with Crippen LogP contribution >= 0.6 is 11.8 Å². The molecule has 0 heterocycles. The van der Waals surface area contributed by atoms with Crippen molar-refractivity contribution in [1.82, 2.24) is 5.32 Å². The fourth-order valence-corrected chi connectivity index (χ4v) is 4.16. The quantitative estimate of drug-likeness (QED) is 0.277. The first-order chi connectivity index (χ1) is 13.0. The lowest BCUT2D eigenvalue weighted by atomic mass is 10.0. The molecule has 1 atom stereocenters. The van der Waals surface area contributed by atoms with Crippen molar-refractivity contribution in [2.45, 2.75) is 115 Å². The molecule has 0 rings (SSSR count). The molecule has 0 amide bonds. The van der Waals surface area contributed by atoms with Gasteiger partial charge >= 0.3 is 5.97 Å². The van der Waals surface area contributed by atoms with Gasteiger partial charge in [-0.15, -0.1) is 0 Å². The Hall–Kier alpha value is -0.220. The van der Waals surface area contributed by atoms with Crippen molar-refractivity contribution in [3.05, 3.63) is 0 Å². The van der Waals surface area contributed by atoms with E-state index < -0.39 is 12.0 Å². The van der Waals surface area contributed by atoms with Crippen LogP contribution in [-0.2, 0) is 4.79 Å². The Morgan fingerprint density at radius 1 is 0.960 bits per heavy atom. The second-order valence-corrected chi connectivity index (χ2v) is 9.17. The van der Waals surface area contributed by atoms with E-state index in [1.165, 1.54) is 32.1 Å². The van der Waals surface area contributed by atoms with E-state index in [1.54, 1.807) is 11.8 Å². The maximum absolute atomic E-state index is 11.7. The maximum atomic E-state index is 11.7. The molecule has 150 valence electrons. The Bertz CT molecular complexity index is 357. The fourth-order valence-electron chi connectivity index (χ4n) is 2.94. The van der Waals surface area contributed by atoms with Gasteiger partial charge in [0.25, 0.3) is 0 Å². The van der Waals surface area contributed by atoms with E-state index in [0.717, 1.165) is 57.2 Å². The summed E-state index contributed by atoms with van der Waals surface area (Å²) in [5.41, 5.74) is 0. The second-order valence-electron chi connectivity index (χ2n) is 7.42. The first kappa shape index (κ1) is 21.1. The highest BCUT2D eigenvalue weighted by Gasteiger charge is 2.34. The number of rotatable bonds is 18. The van der Waals surface area contributed by atoms with Gasteiger partial charge in [-0.1, -0.05) is 78.0 Å². The molecule has 25 heavy (non-hydrogen) atoms. The largest absolute Gasteiger partial charge is 0.480 e. The summed E-state index contributed by atoms with van der Waals surface area (Å²) in [4.78, 5) is 11.7. The molecule has 0 saturated carbocycles. The van der Waals surface area contributed by atoms with E-state index >= 15 is 0 Å². The summed E-state index contributed by atoms with van der Waals surface area (Å²) in [7, 11) is 0. The number of thioether (sulfide) groups is 1. The zero-order valence-corrected chi connectivity index (χ0v) is 17.5. The lowest BCUT2D eigenvalue weighted by Crippen LogP contribution is -2.50. The molecule has 0 aliphatic heterocycles. The molecule has 4 heteroatoms. The zero-order chi connectivity index (χ0) is 20.4. The molecule has 0 aromatic rings. The number of hydrogen-bond acceptors (Lipinski definition) is 3. The molecule has 0 aliphatic carbocycles. The van der Waals surface area contributed by atoms with Crippen molar-refractivity contribution in [1.29, 1.82) is 0 Å². The first-order valence-electron chi connectivity index (χ1n) is 11.6. The predicted molar refractivity (Wildman–Crippen MR) is 113 cm³/mol. The van der Waals surface area contributed by atoms with Crippen LogP contribution in [0, 0.1) is 0 Å². The van der Waals surface area contributed by atoms with Crippen LogP contribution in [0.15, 0.2) is 0 Å². The molecule has 0 bridgehead atoms. The molecule has 0 spiro atoms. The molecule has 3 nitrogen and oxygen atoms in total. The molecule has 0 aliphatic rings.